The second-order valence-corrected chi connectivity index (χ2v) is 5.64. The van der Waals surface area contributed by atoms with E-state index in [9.17, 15) is 0 Å². The molecular weight excluding hydrogens is 216 g/mol. The van der Waals surface area contributed by atoms with E-state index in [1.165, 1.54) is 34.6 Å². The lowest BCUT2D eigenvalue weighted by atomic mass is 10.1. The van der Waals surface area contributed by atoms with E-state index in [1.807, 2.05) is 18.7 Å². The van der Waals surface area contributed by atoms with Crippen molar-refractivity contribution in [3.63, 3.8) is 0 Å². The summed E-state index contributed by atoms with van der Waals surface area (Å²) in [5, 5.41) is 3.38. The van der Waals surface area contributed by atoms with Gasteiger partial charge in [-0.1, -0.05) is 12.1 Å². The molecule has 1 aliphatic heterocycles. The fourth-order valence-corrected chi connectivity index (χ4v) is 2.99. The minimum absolute atomic E-state index is 0.230. The molecule has 2 nitrogen and oxygen atoms in total. The average molecular weight is 236 g/mol. The van der Waals surface area contributed by atoms with Crippen LogP contribution in [-0.2, 0) is 13.0 Å². The summed E-state index contributed by atoms with van der Waals surface area (Å²) in [4.78, 5) is 1.47. The third kappa shape index (κ3) is 3.24. The first-order valence-electron chi connectivity index (χ1n) is 5.96. The Hall–Kier alpha value is -0.510. The molecule has 2 rings (SSSR count). The lowest BCUT2D eigenvalue weighted by molar-refractivity contribution is 0.608. The van der Waals surface area contributed by atoms with Crippen LogP contribution >= 0.6 is 11.8 Å². The number of rotatable bonds is 4. The SMILES string of the molecule is CC(N)CNCc1ccc2c(c1)CCCS2. The van der Waals surface area contributed by atoms with Gasteiger partial charge < -0.3 is 11.1 Å². The number of hydrogen-bond donors (Lipinski definition) is 2. The first kappa shape index (κ1) is 12.0. The summed E-state index contributed by atoms with van der Waals surface area (Å²) in [6, 6.07) is 7.07. The molecular formula is C13H20N2S. The molecule has 0 spiro atoms. The zero-order valence-electron chi connectivity index (χ0n) is 9.83. The van der Waals surface area contributed by atoms with Crippen molar-refractivity contribution >= 4 is 11.8 Å². The number of benzene rings is 1. The van der Waals surface area contributed by atoms with Gasteiger partial charge in [0.2, 0.25) is 0 Å². The van der Waals surface area contributed by atoms with E-state index in [0.717, 1.165) is 13.1 Å². The molecule has 0 saturated carbocycles. The van der Waals surface area contributed by atoms with Crippen molar-refractivity contribution in [1.29, 1.82) is 0 Å². The minimum Gasteiger partial charge on any atom is -0.327 e. The van der Waals surface area contributed by atoms with Crippen molar-refractivity contribution in [1.82, 2.24) is 5.32 Å². The van der Waals surface area contributed by atoms with Crippen molar-refractivity contribution in [3.8, 4) is 0 Å². The fraction of sp³-hybridized carbons (Fsp3) is 0.538. The van der Waals surface area contributed by atoms with Gasteiger partial charge in [0.1, 0.15) is 0 Å². The van der Waals surface area contributed by atoms with E-state index in [1.54, 1.807) is 0 Å². The van der Waals surface area contributed by atoms with Crippen LogP contribution in [0.1, 0.15) is 24.5 Å². The molecule has 1 aromatic carbocycles. The number of nitrogens with two attached hydrogens (primary N) is 1. The predicted octanol–water partition coefficient (Wildman–Crippen LogP) is 2.16. The first-order chi connectivity index (χ1) is 7.75. The number of aryl methyl sites for hydroxylation is 1. The molecule has 1 aromatic rings. The minimum atomic E-state index is 0.230. The number of thioether (sulfide) groups is 1. The van der Waals surface area contributed by atoms with Crippen LogP contribution in [0.2, 0.25) is 0 Å². The molecule has 1 aliphatic rings. The summed E-state index contributed by atoms with van der Waals surface area (Å²) in [7, 11) is 0. The van der Waals surface area contributed by atoms with Gasteiger partial charge in [-0.25, -0.2) is 0 Å². The lowest BCUT2D eigenvalue weighted by Gasteiger charge is -2.16. The van der Waals surface area contributed by atoms with Gasteiger partial charge in [0.25, 0.3) is 0 Å². The number of fused-ring (bicyclic) bond motifs is 1. The molecule has 0 fully saturated rings. The second-order valence-electron chi connectivity index (χ2n) is 4.50. The molecule has 0 amide bonds. The summed E-state index contributed by atoms with van der Waals surface area (Å²) in [6.07, 6.45) is 2.55. The van der Waals surface area contributed by atoms with Gasteiger partial charge in [-0.05, 0) is 42.7 Å². The fourth-order valence-electron chi connectivity index (χ4n) is 1.97. The Labute approximate surface area is 102 Å². The van der Waals surface area contributed by atoms with Crippen molar-refractivity contribution < 1.29 is 0 Å². The Bertz CT molecular complexity index is 350. The Kier molecular flexibility index (Phi) is 4.27. The molecule has 0 bridgehead atoms. The largest absolute Gasteiger partial charge is 0.327 e. The zero-order chi connectivity index (χ0) is 11.4. The van der Waals surface area contributed by atoms with Crippen molar-refractivity contribution in [2.24, 2.45) is 5.73 Å². The highest BCUT2D eigenvalue weighted by atomic mass is 32.2. The molecule has 3 N–H and O–H groups in total. The predicted molar refractivity (Wildman–Crippen MR) is 70.8 cm³/mol. The maximum atomic E-state index is 5.70. The van der Waals surface area contributed by atoms with Gasteiger partial charge >= 0.3 is 0 Å². The van der Waals surface area contributed by atoms with Gasteiger partial charge in [0.05, 0.1) is 0 Å². The summed E-state index contributed by atoms with van der Waals surface area (Å²) < 4.78 is 0. The molecule has 0 aliphatic carbocycles. The Balaban J connectivity index is 1.95. The summed E-state index contributed by atoms with van der Waals surface area (Å²) >= 11 is 1.99. The molecule has 1 atom stereocenters. The highest BCUT2D eigenvalue weighted by molar-refractivity contribution is 7.99. The van der Waals surface area contributed by atoms with E-state index in [0.29, 0.717) is 0 Å². The van der Waals surface area contributed by atoms with E-state index < -0.39 is 0 Å². The van der Waals surface area contributed by atoms with Crippen LogP contribution in [0.3, 0.4) is 0 Å². The average Bonchev–Trinajstić information content (AvgIpc) is 2.28. The summed E-state index contributed by atoms with van der Waals surface area (Å²) in [5.41, 5.74) is 8.60. The number of nitrogens with one attached hydrogen (secondary N) is 1. The van der Waals surface area contributed by atoms with Crippen LogP contribution in [0.15, 0.2) is 23.1 Å². The van der Waals surface area contributed by atoms with Crippen LogP contribution < -0.4 is 11.1 Å². The normalized spacial score (nSPS) is 16.9. The molecule has 1 unspecified atom stereocenters. The van der Waals surface area contributed by atoms with Gasteiger partial charge in [-0.2, -0.15) is 0 Å². The number of hydrogen-bond acceptors (Lipinski definition) is 3. The molecule has 0 saturated heterocycles. The zero-order valence-corrected chi connectivity index (χ0v) is 10.6. The molecule has 0 aromatic heterocycles. The van der Waals surface area contributed by atoms with E-state index in [-0.39, 0.29) is 6.04 Å². The van der Waals surface area contributed by atoms with E-state index in [4.69, 9.17) is 5.73 Å². The maximum Gasteiger partial charge on any atom is 0.0206 e. The standard InChI is InChI=1S/C13H20N2S/c1-10(14)8-15-9-11-4-5-13-12(7-11)3-2-6-16-13/h4-5,7,10,15H,2-3,6,8-9,14H2,1H3. The van der Waals surface area contributed by atoms with Crippen LogP contribution in [0.25, 0.3) is 0 Å². The first-order valence-corrected chi connectivity index (χ1v) is 6.95. The van der Waals surface area contributed by atoms with Gasteiger partial charge in [0, 0.05) is 24.0 Å². The topological polar surface area (TPSA) is 38.0 Å². The highest BCUT2D eigenvalue weighted by Crippen LogP contribution is 2.30. The highest BCUT2D eigenvalue weighted by Gasteiger charge is 2.09. The van der Waals surface area contributed by atoms with Crippen molar-refractivity contribution in [3.05, 3.63) is 29.3 Å². The Morgan fingerprint density at radius 1 is 1.50 bits per heavy atom. The smallest absolute Gasteiger partial charge is 0.0206 e. The third-order valence-electron chi connectivity index (χ3n) is 2.77. The maximum absolute atomic E-state index is 5.70. The van der Waals surface area contributed by atoms with Crippen LogP contribution in [0.4, 0.5) is 0 Å². The quantitative estimate of drug-likeness (QED) is 0.841. The van der Waals surface area contributed by atoms with Crippen LogP contribution in [-0.4, -0.2) is 18.3 Å². The summed E-state index contributed by atoms with van der Waals surface area (Å²) in [5.74, 6) is 1.27. The molecule has 1 heterocycles. The Morgan fingerprint density at radius 3 is 3.19 bits per heavy atom. The van der Waals surface area contributed by atoms with Gasteiger partial charge in [-0.15, -0.1) is 11.8 Å². The molecule has 16 heavy (non-hydrogen) atoms. The lowest BCUT2D eigenvalue weighted by Crippen LogP contribution is -2.30. The van der Waals surface area contributed by atoms with E-state index in [2.05, 4.69) is 23.5 Å². The van der Waals surface area contributed by atoms with Crippen molar-refractivity contribution in [2.45, 2.75) is 37.2 Å². The van der Waals surface area contributed by atoms with Gasteiger partial charge in [0.15, 0.2) is 0 Å². The molecule has 0 radical (unpaired) electrons. The monoisotopic (exact) mass is 236 g/mol. The molecule has 3 heteroatoms. The summed E-state index contributed by atoms with van der Waals surface area (Å²) in [6.45, 7) is 3.84. The second kappa shape index (κ2) is 5.71. The van der Waals surface area contributed by atoms with E-state index >= 15 is 0 Å². The Morgan fingerprint density at radius 2 is 2.38 bits per heavy atom. The van der Waals surface area contributed by atoms with Crippen LogP contribution in [0.5, 0.6) is 0 Å². The third-order valence-corrected chi connectivity index (χ3v) is 3.97. The molecule has 88 valence electrons. The van der Waals surface area contributed by atoms with Crippen LogP contribution in [0, 0.1) is 0 Å². The van der Waals surface area contributed by atoms with Crippen molar-refractivity contribution in [2.75, 3.05) is 12.3 Å². The van der Waals surface area contributed by atoms with Gasteiger partial charge in [-0.3, -0.25) is 0 Å².